The fourth-order valence-electron chi connectivity index (χ4n) is 3.41. The average molecular weight is 430 g/mol. The Hall–Kier alpha value is -3.88. The van der Waals surface area contributed by atoms with Crippen molar-refractivity contribution in [2.45, 2.75) is 6.54 Å². The number of allylic oxidation sites excluding steroid dienone is 1. The van der Waals surface area contributed by atoms with Gasteiger partial charge in [-0.15, -0.1) is 0 Å². The number of amides is 1. The normalized spacial score (nSPS) is 11.3. The summed E-state index contributed by atoms with van der Waals surface area (Å²) in [6.07, 6.45) is 3.44. The maximum atomic E-state index is 14.2. The Morgan fingerprint density at radius 2 is 1.77 bits per heavy atom. The van der Waals surface area contributed by atoms with E-state index in [4.69, 9.17) is 11.6 Å². The van der Waals surface area contributed by atoms with Gasteiger partial charge in [0.1, 0.15) is 12.4 Å². The van der Waals surface area contributed by atoms with Gasteiger partial charge in [0.05, 0.1) is 11.6 Å². The highest BCUT2D eigenvalue weighted by atomic mass is 35.5. The maximum absolute atomic E-state index is 14.2. The Kier molecular flexibility index (Phi) is 5.83. The first-order valence-electron chi connectivity index (χ1n) is 9.55. The molecule has 0 atom stereocenters. The molecule has 1 aromatic heterocycles. The van der Waals surface area contributed by atoms with Crippen LogP contribution in [0.1, 0.15) is 11.1 Å². The molecule has 0 fully saturated rings. The maximum Gasteiger partial charge on any atom is 0.244 e. The summed E-state index contributed by atoms with van der Waals surface area (Å²) >= 11 is 5.88. The first kappa shape index (κ1) is 20.4. The summed E-state index contributed by atoms with van der Waals surface area (Å²) < 4.78 is 16.0. The molecule has 4 aromatic rings. The molecule has 0 aliphatic heterocycles. The van der Waals surface area contributed by atoms with Crippen LogP contribution in [0.5, 0.6) is 0 Å². The van der Waals surface area contributed by atoms with Crippen molar-refractivity contribution >= 4 is 45.7 Å². The molecule has 0 bridgehead atoms. The second-order valence-corrected chi connectivity index (χ2v) is 7.37. The number of hydrogen-bond donors (Lipinski definition) is 1. The predicted molar refractivity (Wildman–Crippen MR) is 122 cm³/mol. The van der Waals surface area contributed by atoms with Crippen LogP contribution in [-0.4, -0.2) is 10.5 Å². The molecule has 152 valence electrons. The number of fused-ring (bicyclic) bond motifs is 1. The van der Waals surface area contributed by atoms with Crippen LogP contribution in [-0.2, 0) is 11.3 Å². The minimum absolute atomic E-state index is 0.0819. The van der Waals surface area contributed by atoms with Crippen molar-refractivity contribution in [1.82, 2.24) is 4.57 Å². The molecular formula is C25H17ClFN3O. The van der Waals surface area contributed by atoms with E-state index in [0.29, 0.717) is 10.7 Å². The van der Waals surface area contributed by atoms with E-state index in [1.54, 1.807) is 54.7 Å². The molecule has 0 aliphatic carbocycles. The number of anilines is 1. The van der Waals surface area contributed by atoms with Crippen molar-refractivity contribution in [2.24, 2.45) is 0 Å². The van der Waals surface area contributed by atoms with Crippen molar-refractivity contribution in [3.8, 4) is 6.07 Å². The van der Waals surface area contributed by atoms with E-state index in [1.165, 1.54) is 6.07 Å². The lowest BCUT2D eigenvalue weighted by molar-refractivity contribution is -0.116. The second-order valence-electron chi connectivity index (χ2n) is 6.93. The highest BCUT2D eigenvalue weighted by molar-refractivity contribution is 6.30. The summed E-state index contributed by atoms with van der Waals surface area (Å²) in [5.74, 6) is -0.658. The van der Waals surface area contributed by atoms with Gasteiger partial charge < -0.3 is 9.88 Å². The van der Waals surface area contributed by atoms with Gasteiger partial charge in [-0.2, -0.15) is 5.26 Å². The topological polar surface area (TPSA) is 57.8 Å². The van der Waals surface area contributed by atoms with Crippen molar-refractivity contribution in [1.29, 1.82) is 5.26 Å². The molecule has 0 unspecified atom stereocenters. The quantitative estimate of drug-likeness (QED) is 0.387. The smallest absolute Gasteiger partial charge is 0.244 e. The Balaban J connectivity index is 1.67. The molecular weight excluding hydrogens is 413 g/mol. The van der Waals surface area contributed by atoms with Crippen molar-refractivity contribution in [2.75, 3.05) is 5.32 Å². The first-order chi connectivity index (χ1) is 15.0. The van der Waals surface area contributed by atoms with Crippen molar-refractivity contribution in [3.05, 3.63) is 101 Å². The fourth-order valence-corrected chi connectivity index (χ4v) is 3.54. The standard InChI is InChI=1S/C25H17ClFN3O/c26-19-9-11-20(12-10-19)29-25(31)16-30-15-18(22-6-2-4-8-24(22)30)13-17(14-28)21-5-1-3-7-23(21)27/h1-13,15H,16H2,(H,29,31). The molecule has 0 saturated carbocycles. The van der Waals surface area contributed by atoms with Gasteiger partial charge in [0.15, 0.2) is 0 Å². The van der Waals surface area contributed by atoms with Gasteiger partial charge in [0, 0.05) is 38.9 Å². The van der Waals surface area contributed by atoms with Crippen LogP contribution in [0.25, 0.3) is 22.6 Å². The molecule has 1 N–H and O–H groups in total. The molecule has 0 aliphatic rings. The average Bonchev–Trinajstić information content (AvgIpc) is 3.11. The predicted octanol–water partition coefficient (Wildman–Crippen LogP) is 6.14. The van der Waals surface area contributed by atoms with E-state index in [-0.39, 0.29) is 23.6 Å². The largest absolute Gasteiger partial charge is 0.337 e. The summed E-state index contributed by atoms with van der Waals surface area (Å²) in [6, 6.07) is 22.7. The lowest BCUT2D eigenvalue weighted by Crippen LogP contribution is -2.18. The zero-order valence-electron chi connectivity index (χ0n) is 16.3. The molecule has 0 radical (unpaired) electrons. The molecule has 6 heteroatoms. The highest BCUT2D eigenvalue weighted by Crippen LogP contribution is 2.27. The Morgan fingerprint density at radius 3 is 2.52 bits per heavy atom. The van der Waals surface area contributed by atoms with Crippen LogP contribution in [0.2, 0.25) is 5.02 Å². The van der Waals surface area contributed by atoms with Gasteiger partial charge in [-0.3, -0.25) is 4.79 Å². The van der Waals surface area contributed by atoms with Crippen LogP contribution in [0.3, 0.4) is 0 Å². The summed E-state index contributed by atoms with van der Waals surface area (Å²) in [4.78, 5) is 12.6. The first-order valence-corrected chi connectivity index (χ1v) is 9.93. The molecule has 31 heavy (non-hydrogen) atoms. The van der Waals surface area contributed by atoms with Gasteiger partial charge in [-0.25, -0.2) is 4.39 Å². The minimum atomic E-state index is -0.457. The number of hydrogen-bond acceptors (Lipinski definition) is 2. The number of nitrogens with one attached hydrogen (secondary N) is 1. The summed E-state index contributed by atoms with van der Waals surface area (Å²) in [7, 11) is 0. The number of aromatic nitrogens is 1. The molecule has 1 amide bonds. The number of rotatable bonds is 5. The molecule has 4 nitrogen and oxygen atoms in total. The minimum Gasteiger partial charge on any atom is -0.337 e. The number of carbonyl (C=O) groups excluding carboxylic acids is 1. The number of nitriles is 1. The van der Waals surface area contributed by atoms with Crippen LogP contribution in [0, 0.1) is 17.1 Å². The summed E-state index contributed by atoms with van der Waals surface area (Å²) in [5, 5.41) is 13.9. The zero-order valence-corrected chi connectivity index (χ0v) is 17.1. The van der Waals surface area contributed by atoms with E-state index >= 15 is 0 Å². The number of nitrogens with zero attached hydrogens (tertiary/aromatic N) is 2. The van der Waals surface area contributed by atoms with Gasteiger partial charge >= 0.3 is 0 Å². The summed E-state index contributed by atoms with van der Waals surface area (Å²) in [6.45, 7) is 0.0819. The van der Waals surface area contributed by atoms with E-state index in [0.717, 1.165) is 16.5 Å². The SMILES string of the molecule is N#CC(=Cc1cn(CC(=O)Nc2ccc(Cl)cc2)c2ccccc12)c1ccccc1F. The van der Waals surface area contributed by atoms with Gasteiger partial charge in [-0.1, -0.05) is 48.0 Å². The van der Waals surface area contributed by atoms with E-state index in [2.05, 4.69) is 11.4 Å². The highest BCUT2D eigenvalue weighted by Gasteiger charge is 2.13. The zero-order chi connectivity index (χ0) is 21.8. The Morgan fingerprint density at radius 1 is 1.06 bits per heavy atom. The number of para-hydroxylation sites is 1. The third kappa shape index (κ3) is 4.50. The lowest BCUT2D eigenvalue weighted by Gasteiger charge is -2.07. The van der Waals surface area contributed by atoms with Gasteiger partial charge in [0.25, 0.3) is 0 Å². The fraction of sp³-hybridized carbons (Fsp3) is 0.0400. The monoisotopic (exact) mass is 429 g/mol. The van der Waals surface area contributed by atoms with Gasteiger partial charge in [-0.05, 0) is 42.5 Å². The van der Waals surface area contributed by atoms with Crippen LogP contribution in [0.4, 0.5) is 10.1 Å². The van der Waals surface area contributed by atoms with E-state index < -0.39 is 5.82 Å². The second kappa shape index (κ2) is 8.86. The number of benzene rings is 3. The third-order valence-corrected chi connectivity index (χ3v) is 5.10. The van der Waals surface area contributed by atoms with Crippen LogP contribution < -0.4 is 5.32 Å². The number of carbonyl (C=O) groups is 1. The third-order valence-electron chi connectivity index (χ3n) is 4.85. The van der Waals surface area contributed by atoms with Crippen molar-refractivity contribution < 1.29 is 9.18 Å². The van der Waals surface area contributed by atoms with Crippen LogP contribution >= 0.6 is 11.6 Å². The Labute approximate surface area is 183 Å². The molecule has 3 aromatic carbocycles. The molecule has 1 heterocycles. The Bertz CT molecular complexity index is 1330. The molecule has 0 saturated heterocycles. The van der Waals surface area contributed by atoms with Crippen molar-refractivity contribution in [3.63, 3.8) is 0 Å². The molecule has 4 rings (SSSR count). The number of halogens is 2. The molecule has 0 spiro atoms. The van der Waals surface area contributed by atoms with Gasteiger partial charge in [0.2, 0.25) is 5.91 Å². The van der Waals surface area contributed by atoms with Crippen LogP contribution in [0.15, 0.2) is 79.0 Å². The summed E-state index contributed by atoms with van der Waals surface area (Å²) in [5.41, 5.74) is 2.67. The van der Waals surface area contributed by atoms with E-state index in [1.807, 2.05) is 28.8 Å². The lowest BCUT2D eigenvalue weighted by atomic mass is 10.0. The van der Waals surface area contributed by atoms with E-state index in [9.17, 15) is 14.4 Å².